The molecule has 2 aromatic rings. The van der Waals surface area contributed by atoms with Gasteiger partial charge in [0.1, 0.15) is 11.9 Å². The molecule has 0 saturated carbocycles. The van der Waals surface area contributed by atoms with Crippen molar-refractivity contribution >= 4 is 27.3 Å². The summed E-state index contributed by atoms with van der Waals surface area (Å²) in [5.74, 6) is 0.333. The van der Waals surface area contributed by atoms with Crippen LogP contribution < -0.4 is 9.47 Å². The van der Waals surface area contributed by atoms with Gasteiger partial charge in [-0.05, 0) is 37.1 Å². The molecule has 0 saturated heterocycles. The minimum Gasteiger partial charge on any atom is -0.748 e. The van der Waals surface area contributed by atoms with Crippen LogP contribution in [0.5, 0.6) is 0 Å². The third-order valence-corrected chi connectivity index (χ3v) is 4.40. The van der Waals surface area contributed by atoms with E-state index >= 15 is 0 Å². The van der Waals surface area contributed by atoms with Crippen LogP contribution in [-0.4, -0.2) is 37.4 Å². The summed E-state index contributed by atoms with van der Waals surface area (Å²) in [6.45, 7) is 0.574. The van der Waals surface area contributed by atoms with Crippen LogP contribution in [-0.2, 0) is 23.7 Å². The Hall–Kier alpha value is -2.26. The number of aryl methyl sites for hydroxylation is 2. The zero-order chi connectivity index (χ0) is 18.4. The minimum atomic E-state index is -4.15. The van der Waals surface area contributed by atoms with Gasteiger partial charge in [0.05, 0.1) is 23.7 Å². The molecular weight excluding hydrogens is 342 g/mol. The van der Waals surface area contributed by atoms with Gasteiger partial charge in [0.15, 0.2) is 6.33 Å². The van der Waals surface area contributed by atoms with E-state index in [1.807, 2.05) is 72.0 Å². The third-order valence-electron chi connectivity index (χ3n) is 3.61. The Bertz CT molecular complexity index is 826. The van der Waals surface area contributed by atoms with Crippen molar-refractivity contribution in [2.45, 2.75) is 19.4 Å². The summed E-state index contributed by atoms with van der Waals surface area (Å²) in [4.78, 5) is 2.01. The molecule has 1 heterocycles. The van der Waals surface area contributed by atoms with Gasteiger partial charge in [0, 0.05) is 30.6 Å². The molecule has 9 heteroatoms. The highest BCUT2D eigenvalue weighted by Crippen LogP contribution is 2.20. The Balaban J connectivity index is 2.01. The first kappa shape index (κ1) is 19.1. The Morgan fingerprint density at radius 3 is 2.44 bits per heavy atom. The quantitative estimate of drug-likeness (QED) is 0.310. The summed E-state index contributed by atoms with van der Waals surface area (Å²) in [6, 6.07) is 7.73. The van der Waals surface area contributed by atoms with Crippen molar-refractivity contribution in [2.75, 3.05) is 24.7 Å². The number of nitrogens with zero attached hydrogens (tertiary/aromatic N) is 5. The van der Waals surface area contributed by atoms with Crippen LogP contribution in [0.4, 0.5) is 17.2 Å². The molecule has 0 spiro atoms. The fourth-order valence-corrected chi connectivity index (χ4v) is 2.87. The summed E-state index contributed by atoms with van der Waals surface area (Å²) in [7, 11) is 1.68. The highest BCUT2D eigenvalue weighted by Gasteiger charge is 2.11. The van der Waals surface area contributed by atoms with Crippen molar-refractivity contribution < 1.29 is 17.5 Å². The molecule has 136 valence electrons. The molecule has 0 bridgehead atoms. The van der Waals surface area contributed by atoms with Crippen LogP contribution in [0.1, 0.15) is 12.8 Å². The average Bonchev–Trinajstić information content (AvgIpc) is 2.89. The van der Waals surface area contributed by atoms with Gasteiger partial charge in [0.25, 0.3) is 0 Å². The predicted octanol–water partition coefficient (Wildman–Crippen LogP) is 2.12. The van der Waals surface area contributed by atoms with E-state index in [1.165, 1.54) is 0 Å². The third kappa shape index (κ3) is 6.28. The van der Waals surface area contributed by atoms with E-state index in [2.05, 4.69) is 10.2 Å². The molecule has 0 radical (unpaired) electrons. The number of imidazole rings is 1. The van der Waals surface area contributed by atoms with Crippen molar-refractivity contribution in [3.05, 3.63) is 36.8 Å². The molecule has 2 rings (SSSR count). The van der Waals surface area contributed by atoms with Crippen LogP contribution in [0.25, 0.3) is 0 Å². The molecule has 0 atom stereocenters. The second-order valence-corrected chi connectivity index (χ2v) is 7.56. The number of hydrogen-bond donors (Lipinski definition) is 0. The fourth-order valence-electron chi connectivity index (χ4n) is 2.31. The topological polar surface area (TPSA) is 94.0 Å². The summed E-state index contributed by atoms with van der Waals surface area (Å²) >= 11 is 0. The minimum absolute atomic E-state index is 0.330. The van der Waals surface area contributed by atoms with Crippen LogP contribution in [0, 0.1) is 0 Å². The first-order valence-corrected chi connectivity index (χ1v) is 9.50. The van der Waals surface area contributed by atoms with Crippen molar-refractivity contribution in [3.63, 3.8) is 0 Å². The number of benzene rings is 1. The maximum atomic E-state index is 10.6. The zero-order valence-electron chi connectivity index (χ0n) is 14.7. The Morgan fingerprint density at radius 2 is 1.84 bits per heavy atom. The first-order valence-electron chi connectivity index (χ1n) is 7.93. The number of azo groups is 1. The Morgan fingerprint density at radius 1 is 1.16 bits per heavy atom. The summed E-state index contributed by atoms with van der Waals surface area (Å²) in [5.41, 5.74) is 1.83. The van der Waals surface area contributed by atoms with E-state index in [4.69, 9.17) is 0 Å². The van der Waals surface area contributed by atoms with Crippen LogP contribution in [0.2, 0.25) is 0 Å². The van der Waals surface area contributed by atoms with Gasteiger partial charge >= 0.3 is 5.82 Å². The number of unbranched alkanes of at least 4 members (excludes halogenated alkanes) is 1. The van der Waals surface area contributed by atoms with E-state index < -0.39 is 10.1 Å². The Labute approximate surface area is 148 Å². The van der Waals surface area contributed by atoms with Gasteiger partial charge in [-0.2, -0.15) is 0 Å². The normalized spacial score (nSPS) is 12.0. The number of rotatable bonds is 8. The number of aromatic nitrogens is 2. The lowest BCUT2D eigenvalue weighted by atomic mass is 10.3. The van der Waals surface area contributed by atoms with Crippen molar-refractivity contribution in [1.82, 2.24) is 4.57 Å². The van der Waals surface area contributed by atoms with Gasteiger partial charge in [-0.25, -0.2) is 13.0 Å². The lowest BCUT2D eigenvalue weighted by molar-refractivity contribution is -0.684. The van der Waals surface area contributed by atoms with Crippen LogP contribution in [0.15, 0.2) is 47.0 Å². The molecule has 1 aromatic heterocycles. The van der Waals surface area contributed by atoms with Crippen LogP contribution >= 0.6 is 0 Å². The van der Waals surface area contributed by atoms with Crippen molar-refractivity contribution in [3.8, 4) is 0 Å². The largest absolute Gasteiger partial charge is 0.748 e. The fraction of sp³-hybridized carbons (Fsp3) is 0.438. The molecule has 0 amide bonds. The maximum absolute atomic E-state index is 10.6. The predicted molar refractivity (Wildman–Crippen MR) is 94.4 cm³/mol. The smallest absolute Gasteiger partial charge is 0.319 e. The van der Waals surface area contributed by atoms with Gasteiger partial charge in [-0.1, -0.05) is 5.11 Å². The van der Waals surface area contributed by atoms with Gasteiger partial charge in [0.2, 0.25) is 0 Å². The standard InChI is InChI=1S/C16H23N5O3S/c1-19(2)15-8-6-14(7-9-15)17-18-16-12-20(3)13-21(16)10-4-5-11-25(22,23)24/h6-9,12-13H,4-5,10-11H2,1-3H3/b18-17+. The summed E-state index contributed by atoms with van der Waals surface area (Å²) in [5, 5.41) is 8.52. The second kappa shape index (κ2) is 8.21. The van der Waals surface area contributed by atoms with Gasteiger partial charge in [-0.3, -0.25) is 4.57 Å². The van der Waals surface area contributed by atoms with E-state index in [1.54, 1.807) is 0 Å². The van der Waals surface area contributed by atoms with Gasteiger partial charge in [-0.15, -0.1) is 0 Å². The highest BCUT2D eigenvalue weighted by atomic mass is 32.2. The Kier molecular flexibility index (Phi) is 6.27. The van der Waals surface area contributed by atoms with E-state index in [-0.39, 0.29) is 5.75 Å². The number of anilines is 1. The van der Waals surface area contributed by atoms with Crippen molar-refractivity contribution in [1.29, 1.82) is 0 Å². The van der Waals surface area contributed by atoms with E-state index in [9.17, 15) is 13.0 Å². The monoisotopic (exact) mass is 365 g/mol. The van der Waals surface area contributed by atoms with E-state index in [0.717, 1.165) is 11.4 Å². The maximum Gasteiger partial charge on any atom is 0.319 e. The molecule has 8 nitrogen and oxygen atoms in total. The van der Waals surface area contributed by atoms with Crippen LogP contribution in [0.3, 0.4) is 0 Å². The van der Waals surface area contributed by atoms with E-state index in [0.29, 0.717) is 25.2 Å². The molecule has 0 aliphatic carbocycles. The second-order valence-electron chi connectivity index (χ2n) is 6.04. The molecule has 1 aromatic carbocycles. The van der Waals surface area contributed by atoms with Gasteiger partial charge < -0.3 is 9.45 Å². The molecule has 25 heavy (non-hydrogen) atoms. The first-order chi connectivity index (χ1) is 11.7. The molecule has 0 unspecified atom stereocenters. The molecule has 0 fully saturated rings. The molecular formula is C16H23N5O3S. The van der Waals surface area contributed by atoms with Crippen molar-refractivity contribution in [2.24, 2.45) is 17.3 Å². The highest BCUT2D eigenvalue weighted by molar-refractivity contribution is 7.85. The molecule has 0 N–H and O–H groups in total. The SMILES string of the molecule is CN(C)c1ccc(/N=N/c2cn(C)c[n+]2CCCCS(=O)(=O)[O-])cc1. The average molecular weight is 365 g/mol. The zero-order valence-corrected chi connectivity index (χ0v) is 15.5. The summed E-state index contributed by atoms with van der Waals surface area (Å²) < 4.78 is 35.6. The number of hydrogen-bond acceptors (Lipinski definition) is 6. The molecule has 0 aliphatic heterocycles. The molecule has 0 aliphatic rings. The summed E-state index contributed by atoms with van der Waals surface area (Å²) in [6.07, 6.45) is 4.60. The lowest BCUT2D eigenvalue weighted by Gasteiger charge is -2.11. The lowest BCUT2D eigenvalue weighted by Crippen LogP contribution is -2.32.